The molecule has 0 unspecified atom stereocenters. The highest BCUT2D eigenvalue weighted by Gasteiger charge is 2.24. The molecule has 0 saturated carbocycles. The lowest BCUT2D eigenvalue weighted by Crippen LogP contribution is -2.47. The molecule has 0 bridgehead atoms. The summed E-state index contributed by atoms with van der Waals surface area (Å²) in [6.45, 7) is 2.94. The lowest BCUT2D eigenvalue weighted by molar-refractivity contribution is 0.0660. The van der Waals surface area contributed by atoms with Crippen molar-refractivity contribution in [2.45, 2.75) is 10.1 Å². The lowest BCUT2D eigenvalue weighted by Gasteiger charge is -2.32. The van der Waals surface area contributed by atoms with Gasteiger partial charge in [0.15, 0.2) is 4.34 Å². The number of likely N-dealkylation sites (N-methyl/N-ethyl adjacent to an activating group) is 1. The maximum absolute atomic E-state index is 13.2. The van der Waals surface area contributed by atoms with E-state index in [1.807, 2.05) is 42.3 Å². The van der Waals surface area contributed by atoms with E-state index >= 15 is 0 Å². The summed E-state index contributed by atoms with van der Waals surface area (Å²) in [5, 5.41) is 4.21. The maximum Gasteiger partial charge on any atom is 0.256 e. The van der Waals surface area contributed by atoms with Crippen LogP contribution in [0.5, 0.6) is 0 Å². The first-order valence-corrected chi connectivity index (χ1v) is 14.3. The molecule has 0 radical (unpaired) electrons. The highest BCUT2D eigenvalue weighted by Crippen LogP contribution is 2.34. The number of piperazine rings is 1. The van der Waals surface area contributed by atoms with Crippen molar-refractivity contribution in [2.24, 2.45) is 0 Å². The molecule has 2 heterocycles. The molecule has 1 N–H and O–H groups in total. The fourth-order valence-electron chi connectivity index (χ4n) is 4.07. The van der Waals surface area contributed by atoms with Crippen LogP contribution in [0.2, 0.25) is 10.0 Å². The first-order chi connectivity index (χ1) is 17.9. The van der Waals surface area contributed by atoms with Crippen molar-refractivity contribution in [3.63, 3.8) is 0 Å². The summed E-state index contributed by atoms with van der Waals surface area (Å²) in [4.78, 5) is 35.1. The molecule has 1 saturated heterocycles. The second kappa shape index (κ2) is 11.4. The van der Waals surface area contributed by atoms with E-state index in [1.54, 1.807) is 53.4 Å². The Hall–Kier alpha value is -2.62. The predicted molar refractivity (Wildman–Crippen MR) is 153 cm³/mol. The molecular weight excluding hydrogens is 547 g/mol. The Morgan fingerprint density at radius 1 is 1.00 bits per heavy atom. The molecule has 1 aromatic heterocycles. The molecule has 6 nitrogen and oxygen atoms in total. The molecule has 0 aliphatic carbocycles. The number of amides is 2. The third-order valence-electron chi connectivity index (χ3n) is 6.19. The number of thioether (sulfide) groups is 1. The van der Waals surface area contributed by atoms with Crippen LogP contribution in [0.1, 0.15) is 26.3 Å². The quantitative estimate of drug-likeness (QED) is 0.267. The summed E-state index contributed by atoms with van der Waals surface area (Å²) in [6, 6.07) is 18.1. The van der Waals surface area contributed by atoms with E-state index in [0.29, 0.717) is 45.7 Å². The molecule has 37 heavy (non-hydrogen) atoms. The zero-order valence-electron chi connectivity index (χ0n) is 20.0. The molecule has 2 amide bonds. The molecule has 4 aromatic rings. The average Bonchev–Trinajstić information content (AvgIpc) is 3.30. The highest BCUT2D eigenvalue weighted by atomic mass is 35.5. The number of thiazole rings is 1. The largest absolute Gasteiger partial charge is 0.336 e. The molecule has 190 valence electrons. The van der Waals surface area contributed by atoms with E-state index < -0.39 is 0 Å². The van der Waals surface area contributed by atoms with Gasteiger partial charge in [0.1, 0.15) is 0 Å². The molecular formula is C27H24Cl2N4O2S2. The van der Waals surface area contributed by atoms with Crippen LogP contribution in [0.3, 0.4) is 0 Å². The van der Waals surface area contributed by atoms with Gasteiger partial charge < -0.3 is 15.1 Å². The van der Waals surface area contributed by atoms with E-state index in [9.17, 15) is 9.59 Å². The Labute approximate surface area is 233 Å². The number of benzene rings is 3. The molecule has 5 rings (SSSR count). The van der Waals surface area contributed by atoms with Gasteiger partial charge in [0.2, 0.25) is 0 Å². The van der Waals surface area contributed by atoms with E-state index in [-0.39, 0.29) is 11.8 Å². The van der Waals surface area contributed by atoms with Gasteiger partial charge in [0, 0.05) is 47.7 Å². The number of carbonyl (C=O) groups excluding carboxylic acids is 2. The van der Waals surface area contributed by atoms with Gasteiger partial charge in [-0.2, -0.15) is 0 Å². The van der Waals surface area contributed by atoms with E-state index in [2.05, 4.69) is 10.2 Å². The Bertz CT molecular complexity index is 1470. The Morgan fingerprint density at radius 3 is 2.51 bits per heavy atom. The fraction of sp³-hybridized carbons (Fsp3) is 0.222. The zero-order chi connectivity index (χ0) is 25.9. The number of aromatic nitrogens is 1. The zero-order valence-corrected chi connectivity index (χ0v) is 23.2. The van der Waals surface area contributed by atoms with Gasteiger partial charge in [-0.05, 0) is 55.1 Å². The van der Waals surface area contributed by atoms with Gasteiger partial charge >= 0.3 is 0 Å². The lowest BCUT2D eigenvalue weighted by atomic mass is 10.0. The van der Waals surface area contributed by atoms with Gasteiger partial charge in [0.25, 0.3) is 11.8 Å². The number of halogens is 2. The van der Waals surface area contributed by atoms with Crippen LogP contribution in [0.15, 0.2) is 65.0 Å². The van der Waals surface area contributed by atoms with Crippen molar-refractivity contribution in [1.29, 1.82) is 0 Å². The molecule has 10 heteroatoms. The minimum Gasteiger partial charge on any atom is -0.336 e. The molecule has 0 spiro atoms. The van der Waals surface area contributed by atoms with Gasteiger partial charge in [-0.15, -0.1) is 11.3 Å². The van der Waals surface area contributed by atoms with Crippen LogP contribution in [-0.2, 0) is 5.75 Å². The van der Waals surface area contributed by atoms with Crippen molar-refractivity contribution >= 4 is 74.0 Å². The molecule has 1 fully saturated rings. The third-order valence-corrected chi connectivity index (χ3v) is 8.98. The van der Waals surface area contributed by atoms with Crippen molar-refractivity contribution in [2.75, 3.05) is 38.5 Å². The monoisotopic (exact) mass is 570 g/mol. The van der Waals surface area contributed by atoms with Crippen molar-refractivity contribution in [3.05, 3.63) is 87.4 Å². The molecule has 3 aromatic carbocycles. The third kappa shape index (κ3) is 6.10. The predicted octanol–water partition coefficient (Wildman–Crippen LogP) is 6.54. The smallest absolute Gasteiger partial charge is 0.256 e. The van der Waals surface area contributed by atoms with Crippen molar-refractivity contribution in [1.82, 2.24) is 14.8 Å². The van der Waals surface area contributed by atoms with Crippen LogP contribution < -0.4 is 5.32 Å². The number of anilines is 1. The van der Waals surface area contributed by atoms with Crippen LogP contribution in [0.25, 0.3) is 10.2 Å². The average molecular weight is 572 g/mol. The summed E-state index contributed by atoms with van der Waals surface area (Å²) in [5.74, 6) is 0.255. The van der Waals surface area contributed by atoms with Crippen molar-refractivity contribution in [3.8, 4) is 0 Å². The number of rotatable bonds is 6. The SMILES string of the molecule is CN1CCN(C(=O)c2ccccc2C(=O)Nc2ccc3nc(SCc4ccc(Cl)cc4Cl)sc3c2)CC1. The number of carbonyl (C=O) groups is 2. The normalized spacial score (nSPS) is 14.2. The minimum absolute atomic E-state index is 0.112. The van der Waals surface area contributed by atoms with Gasteiger partial charge in [-0.3, -0.25) is 9.59 Å². The highest BCUT2D eigenvalue weighted by molar-refractivity contribution is 8.00. The topological polar surface area (TPSA) is 65.5 Å². The Kier molecular flexibility index (Phi) is 8.02. The summed E-state index contributed by atoms with van der Waals surface area (Å²) in [5.41, 5.74) is 3.29. The van der Waals surface area contributed by atoms with E-state index in [0.717, 1.165) is 33.2 Å². The summed E-state index contributed by atoms with van der Waals surface area (Å²) in [7, 11) is 2.04. The van der Waals surface area contributed by atoms with Crippen LogP contribution in [0.4, 0.5) is 5.69 Å². The minimum atomic E-state index is -0.311. The van der Waals surface area contributed by atoms with Gasteiger partial charge in [0.05, 0.1) is 21.3 Å². The second-order valence-corrected chi connectivity index (χ2v) is 11.9. The second-order valence-electron chi connectivity index (χ2n) is 8.78. The Balaban J connectivity index is 1.29. The summed E-state index contributed by atoms with van der Waals surface area (Å²) >= 11 is 15.4. The molecule has 0 atom stereocenters. The fourth-order valence-corrected chi connectivity index (χ4v) is 6.73. The molecule has 1 aliphatic rings. The number of hydrogen-bond donors (Lipinski definition) is 1. The standard InChI is InChI=1S/C27H24Cl2N4O2S2/c1-32-10-12-33(13-11-32)26(35)21-5-3-2-4-20(21)25(34)30-19-8-9-23-24(15-19)37-27(31-23)36-16-17-6-7-18(28)14-22(17)29/h2-9,14-15H,10-13,16H2,1H3,(H,30,34). The van der Waals surface area contributed by atoms with Gasteiger partial charge in [-0.25, -0.2) is 4.98 Å². The number of fused-ring (bicyclic) bond motifs is 1. The van der Waals surface area contributed by atoms with Crippen LogP contribution in [0, 0.1) is 0 Å². The summed E-state index contributed by atoms with van der Waals surface area (Å²) < 4.78 is 1.87. The first-order valence-electron chi connectivity index (χ1n) is 11.7. The number of hydrogen-bond acceptors (Lipinski definition) is 6. The molecule has 1 aliphatic heterocycles. The van der Waals surface area contributed by atoms with E-state index in [1.165, 1.54) is 0 Å². The maximum atomic E-state index is 13.2. The summed E-state index contributed by atoms with van der Waals surface area (Å²) in [6.07, 6.45) is 0. The Morgan fingerprint density at radius 2 is 1.76 bits per heavy atom. The number of nitrogens with one attached hydrogen (secondary N) is 1. The van der Waals surface area contributed by atoms with Crippen LogP contribution >= 0.6 is 46.3 Å². The van der Waals surface area contributed by atoms with Crippen LogP contribution in [-0.4, -0.2) is 59.8 Å². The van der Waals surface area contributed by atoms with E-state index in [4.69, 9.17) is 28.2 Å². The number of nitrogens with zero attached hydrogens (tertiary/aromatic N) is 3. The first kappa shape index (κ1) is 26.0. The van der Waals surface area contributed by atoms with Gasteiger partial charge in [-0.1, -0.05) is 53.2 Å². The van der Waals surface area contributed by atoms with Crippen molar-refractivity contribution < 1.29 is 9.59 Å².